The largest absolute Gasteiger partial charge is 0.345 e. The van der Waals surface area contributed by atoms with Crippen LogP contribution in [-0.2, 0) is 0 Å². The van der Waals surface area contributed by atoms with Crippen LogP contribution in [0.15, 0.2) is 0 Å². The van der Waals surface area contributed by atoms with E-state index in [1.807, 2.05) is 0 Å². The van der Waals surface area contributed by atoms with Gasteiger partial charge in [-0.15, -0.1) is 11.6 Å². The van der Waals surface area contributed by atoms with Crippen LogP contribution in [0.3, 0.4) is 0 Å². The third kappa shape index (κ3) is 0.835. The first-order valence-electron chi connectivity index (χ1n) is 2.43. The Morgan fingerprint density at radius 1 is 1.00 bits per heavy atom. The van der Waals surface area contributed by atoms with Crippen LogP contribution in [0.1, 0.15) is 0 Å². The smallest absolute Gasteiger partial charge is 0.198 e. The van der Waals surface area contributed by atoms with E-state index >= 15 is 0 Å². The maximum absolute atomic E-state index is 12.2. The normalized spacial score (nSPS) is 37.9. The Bertz CT molecular complexity index is 172. The fourth-order valence-corrected chi connectivity index (χ4v) is 1.49. The minimum Gasteiger partial charge on any atom is -0.198 e. The van der Waals surface area contributed by atoms with Crippen LogP contribution in [-0.4, -0.2) is 21.6 Å². The van der Waals surface area contributed by atoms with Gasteiger partial charge in [-0.3, -0.25) is 0 Å². The topological polar surface area (TPSA) is 0 Å². The van der Waals surface area contributed by atoms with Crippen molar-refractivity contribution >= 4 is 34.8 Å². The molecule has 0 amide bonds. The Hall–Kier alpha value is 0.590. The maximum atomic E-state index is 12.2. The van der Waals surface area contributed by atoms with Crippen LogP contribution in [0.5, 0.6) is 0 Å². The molecule has 0 heterocycles. The summed E-state index contributed by atoms with van der Waals surface area (Å²) in [7, 11) is 0. The standard InChI is InChI=1S/C4HCl3F4/c5-1-2(6,7)4(10,11)3(1,8)9/h1H. The number of halogens is 7. The van der Waals surface area contributed by atoms with Crippen LogP contribution in [0.4, 0.5) is 17.6 Å². The van der Waals surface area contributed by atoms with Crippen molar-refractivity contribution in [2.45, 2.75) is 21.6 Å². The Kier molecular flexibility index (Phi) is 1.84. The molecule has 0 nitrogen and oxygen atoms in total. The van der Waals surface area contributed by atoms with Gasteiger partial charge in [0.1, 0.15) is 5.38 Å². The quantitative estimate of drug-likeness (QED) is 0.444. The Balaban J connectivity index is 2.98. The van der Waals surface area contributed by atoms with E-state index in [-0.39, 0.29) is 0 Å². The van der Waals surface area contributed by atoms with Crippen molar-refractivity contribution in [2.24, 2.45) is 0 Å². The molecule has 1 aliphatic carbocycles. The van der Waals surface area contributed by atoms with Gasteiger partial charge in [-0.05, 0) is 0 Å². The van der Waals surface area contributed by atoms with Gasteiger partial charge in [0.25, 0.3) is 0 Å². The van der Waals surface area contributed by atoms with Crippen LogP contribution in [0.25, 0.3) is 0 Å². The van der Waals surface area contributed by atoms with Crippen LogP contribution >= 0.6 is 34.8 Å². The summed E-state index contributed by atoms with van der Waals surface area (Å²) in [5, 5.41) is -2.24. The number of hydrogen-bond acceptors (Lipinski definition) is 0. The minimum atomic E-state index is -4.45. The average molecular weight is 231 g/mol. The zero-order valence-electron chi connectivity index (χ0n) is 4.72. The number of hydrogen-bond donors (Lipinski definition) is 0. The van der Waals surface area contributed by atoms with Gasteiger partial charge in [-0.1, -0.05) is 23.2 Å². The molecule has 11 heavy (non-hydrogen) atoms. The van der Waals surface area contributed by atoms with Gasteiger partial charge in [-0.2, -0.15) is 17.6 Å². The van der Waals surface area contributed by atoms with Gasteiger partial charge < -0.3 is 0 Å². The van der Waals surface area contributed by atoms with Crippen LogP contribution < -0.4 is 0 Å². The monoisotopic (exact) mass is 230 g/mol. The van der Waals surface area contributed by atoms with Crippen molar-refractivity contribution in [2.75, 3.05) is 0 Å². The van der Waals surface area contributed by atoms with E-state index < -0.39 is 21.6 Å². The second-order valence-electron chi connectivity index (χ2n) is 2.18. The summed E-state index contributed by atoms with van der Waals surface area (Å²) >= 11 is 14.5. The fraction of sp³-hybridized carbons (Fsp3) is 1.00. The number of rotatable bonds is 0. The highest BCUT2D eigenvalue weighted by Crippen LogP contribution is 2.65. The van der Waals surface area contributed by atoms with Gasteiger partial charge in [-0.25, -0.2) is 0 Å². The van der Waals surface area contributed by atoms with Crippen molar-refractivity contribution < 1.29 is 17.6 Å². The van der Waals surface area contributed by atoms with Crippen molar-refractivity contribution in [3.8, 4) is 0 Å². The van der Waals surface area contributed by atoms with Gasteiger partial charge in [0.15, 0.2) is 0 Å². The lowest BCUT2D eigenvalue weighted by Gasteiger charge is -2.49. The molecule has 0 aliphatic heterocycles. The first-order chi connectivity index (χ1) is 4.65. The summed E-state index contributed by atoms with van der Waals surface area (Å²) in [6.07, 6.45) is 0. The molecule has 1 fully saturated rings. The summed E-state index contributed by atoms with van der Waals surface area (Å²) in [5.74, 6) is -8.77. The molecular formula is C4HCl3F4. The molecule has 0 spiro atoms. The number of alkyl halides is 7. The molecule has 0 aromatic heterocycles. The molecule has 7 heteroatoms. The highest BCUT2D eigenvalue weighted by Gasteiger charge is 2.86. The maximum Gasteiger partial charge on any atom is 0.345 e. The summed E-state index contributed by atoms with van der Waals surface area (Å²) in [5.41, 5.74) is 0. The molecular weight excluding hydrogens is 230 g/mol. The fourth-order valence-electron chi connectivity index (χ4n) is 0.690. The molecule has 1 atom stereocenters. The molecule has 1 aliphatic rings. The van der Waals surface area contributed by atoms with Gasteiger partial charge in [0.2, 0.25) is 4.33 Å². The predicted octanol–water partition coefficient (Wildman–Crippen LogP) is 3.05. The van der Waals surface area contributed by atoms with Crippen LogP contribution in [0.2, 0.25) is 0 Å². The van der Waals surface area contributed by atoms with E-state index in [1.54, 1.807) is 0 Å². The lowest BCUT2D eigenvalue weighted by Crippen LogP contribution is -2.75. The average Bonchev–Trinajstić information content (AvgIpc) is 1.84. The molecule has 0 saturated heterocycles. The highest BCUT2D eigenvalue weighted by molar-refractivity contribution is 6.54. The van der Waals surface area contributed by atoms with Crippen molar-refractivity contribution in [3.05, 3.63) is 0 Å². The Morgan fingerprint density at radius 3 is 1.45 bits per heavy atom. The Morgan fingerprint density at radius 2 is 1.36 bits per heavy atom. The third-order valence-electron chi connectivity index (χ3n) is 1.47. The third-order valence-corrected chi connectivity index (χ3v) is 3.21. The molecule has 0 N–H and O–H groups in total. The molecule has 0 bridgehead atoms. The van der Waals surface area contributed by atoms with Crippen molar-refractivity contribution in [1.82, 2.24) is 0 Å². The molecule has 1 saturated carbocycles. The first kappa shape index (κ1) is 9.68. The van der Waals surface area contributed by atoms with Crippen molar-refractivity contribution in [1.29, 1.82) is 0 Å². The van der Waals surface area contributed by atoms with Gasteiger partial charge in [0, 0.05) is 0 Å². The summed E-state index contributed by atoms with van der Waals surface area (Å²) in [6, 6.07) is 0. The predicted molar refractivity (Wildman–Crippen MR) is 34.0 cm³/mol. The van der Waals surface area contributed by atoms with Crippen LogP contribution in [0, 0.1) is 0 Å². The second kappa shape index (κ2) is 2.09. The van der Waals surface area contributed by atoms with Crippen molar-refractivity contribution in [3.63, 3.8) is 0 Å². The van der Waals surface area contributed by atoms with E-state index in [0.717, 1.165) is 0 Å². The van der Waals surface area contributed by atoms with E-state index in [4.69, 9.17) is 34.8 Å². The SMILES string of the molecule is FC1(F)C(Cl)C(Cl)(Cl)C1(F)F. The zero-order chi connectivity index (χ0) is 9.08. The van der Waals surface area contributed by atoms with Gasteiger partial charge in [0.05, 0.1) is 0 Å². The summed E-state index contributed by atoms with van der Waals surface area (Å²) < 4.78 is 45.9. The lowest BCUT2D eigenvalue weighted by molar-refractivity contribution is -0.277. The molecule has 0 radical (unpaired) electrons. The molecule has 0 aromatic carbocycles. The molecule has 0 aromatic rings. The zero-order valence-corrected chi connectivity index (χ0v) is 6.99. The molecule has 66 valence electrons. The molecule has 1 unspecified atom stereocenters. The minimum absolute atomic E-state index is 2.24. The second-order valence-corrected chi connectivity index (χ2v) is 4.01. The van der Waals surface area contributed by atoms with E-state index in [9.17, 15) is 17.6 Å². The summed E-state index contributed by atoms with van der Waals surface area (Å²) in [4.78, 5) is 0. The van der Waals surface area contributed by atoms with E-state index in [2.05, 4.69) is 0 Å². The Labute approximate surface area is 74.4 Å². The first-order valence-corrected chi connectivity index (χ1v) is 3.62. The molecule has 1 rings (SSSR count). The highest BCUT2D eigenvalue weighted by atomic mass is 35.5. The van der Waals surface area contributed by atoms with Gasteiger partial charge >= 0.3 is 11.8 Å². The van der Waals surface area contributed by atoms with E-state index in [1.165, 1.54) is 0 Å². The summed E-state index contributed by atoms with van der Waals surface area (Å²) in [6.45, 7) is 0. The van der Waals surface area contributed by atoms with E-state index in [0.29, 0.717) is 0 Å². The lowest BCUT2D eigenvalue weighted by atomic mass is 9.87.